The largest absolute Gasteiger partial charge is 0.320 e. The van der Waals surface area contributed by atoms with Gasteiger partial charge in [-0.2, -0.15) is 0 Å². The third-order valence-electron chi connectivity index (χ3n) is 3.96. The van der Waals surface area contributed by atoms with E-state index < -0.39 is 0 Å². The van der Waals surface area contributed by atoms with Gasteiger partial charge in [0, 0.05) is 17.3 Å². The number of carbonyl (C=O) groups is 1. The van der Waals surface area contributed by atoms with Gasteiger partial charge in [0.1, 0.15) is 11.3 Å². The van der Waals surface area contributed by atoms with Gasteiger partial charge >= 0.3 is 0 Å². The Hall–Kier alpha value is -3.14. The van der Waals surface area contributed by atoms with Crippen LogP contribution in [0.25, 0.3) is 16.4 Å². The van der Waals surface area contributed by atoms with E-state index in [1.54, 1.807) is 0 Å². The van der Waals surface area contributed by atoms with E-state index in [4.69, 9.17) is 0 Å². The molecule has 0 aliphatic carbocycles. The maximum atomic E-state index is 12.8. The lowest BCUT2D eigenvalue weighted by atomic mass is 10.1. The predicted molar refractivity (Wildman–Crippen MR) is 91.8 cm³/mol. The molecule has 4 heteroatoms. The van der Waals surface area contributed by atoms with Crippen LogP contribution in [0, 0.1) is 6.92 Å². The smallest absolute Gasteiger partial charge is 0.274 e. The Kier molecular flexibility index (Phi) is 3.08. The normalized spacial score (nSPS) is 11.0. The van der Waals surface area contributed by atoms with Crippen LogP contribution in [0.3, 0.4) is 0 Å². The molecule has 4 rings (SSSR count). The van der Waals surface area contributed by atoms with Crippen molar-refractivity contribution in [3.8, 4) is 0 Å². The molecule has 0 aliphatic rings. The molecule has 0 radical (unpaired) electrons. The summed E-state index contributed by atoms with van der Waals surface area (Å²) < 4.78 is 1.82. The number of anilines is 1. The summed E-state index contributed by atoms with van der Waals surface area (Å²) >= 11 is 0. The topological polar surface area (TPSA) is 46.4 Å². The van der Waals surface area contributed by atoms with E-state index in [9.17, 15) is 4.79 Å². The molecule has 4 aromatic rings. The number of fused-ring (bicyclic) bond motifs is 2. The first kappa shape index (κ1) is 13.5. The van der Waals surface area contributed by atoms with Crippen molar-refractivity contribution in [2.24, 2.45) is 0 Å². The van der Waals surface area contributed by atoms with Crippen molar-refractivity contribution in [3.05, 3.63) is 78.2 Å². The Labute approximate surface area is 133 Å². The summed E-state index contributed by atoms with van der Waals surface area (Å²) in [6.45, 7) is 1.85. The van der Waals surface area contributed by atoms with Gasteiger partial charge in [-0.25, -0.2) is 4.98 Å². The lowest BCUT2D eigenvalue weighted by Gasteiger charge is -2.09. The Morgan fingerprint density at radius 2 is 1.78 bits per heavy atom. The van der Waals surface area contributed by atoms with Gasteiger partial charge in [-0.1, -0.05) is 42.5 Å². The number of hydrogen-bond donors (Lipinski definition) is 1. The number of nitrogens with zero attached hydrogens (tertiary/aromatic N) is 2. The number of amides is 1. The fourth-order valence-electron chi connectivity index (χ4n) is 2.90. The van der Waals surface area contributed by atoms with Crippen LogP contribution >= 0.6 is 0 Å². The van der Waals surface area contributed by atoms with Crippen LogP contribution in [0.4, 0.5) is 5.69 Å². The van der Waals surface area contributed by atoms with Crippen LogP contribution < -0.4 is 5.32 Å². The van der Waals surface area contributed by atoms with Gasteiger partial charge < -0.3 is 5.32 Å². The molecule has 0 unspecified atom stereocenters. The lowest BCUT2D eigenvalue weighted by molar-refractivity contribution is 0.102. The van der Waals surface area contributed by atoms with Crippen molar-refractivity contribution in [2.75, 3.05) is 5.32 Å². The van der Waals surface area contributed by atoms with Gasteiger partial charge in [0.25, 0.3) is 5.91 Å². The van der Waals surface area contributed by atoms with Crippen molar-refractivity contribution in [2.45, 2.75) is 6.92 Å². The van der Waals surface area contributed by atoms with Crippen molar-refractivity contribution in [1.29, 1.82) is 0 Å². The second-order valence-electron chi connectivity index (χ2n) is 5.46. The van der Waals surface area contributed by atoms with Crippen LogP contribution in [0.15, 0.2) is 66.9 Å². The highest BCUT2D eigenvalue weighted by atomic mass is 16.2. The van der Waals surface area contributed by atoms with Gasteiger partial charge in [-0.15, -0.1) is 0 Å². The Morgan fingerprint density at radius 1 is 1.00 bits per heavy atom. The molecular weight excluding hydrogens is 286 g/mol. The first-order chi connectivity index (χ1) is 11.2. The highest BCUT2D eigenvalue weighted by molar-refractivity contribution is 6.09. The standard InChI is InChI=1S/C19H15N3O/c1-13-18(22-12-5-4-11-17(22)20-13)19(23)21-16-10-6-8-14-7-2-3-9-15(14)16/h2-12H,1H3,(H,21,23). The van der Waals surface area contributed by atoms with Gasteiger partial charge in [0.2, 0.25) is 0 Å². The zero-order valence-corrected chi connectivity index (χ0v) is 12.7. The molecule has 4 nitrogen and oxygen atoms in total. The first-order valence-electron chi connectivity index (χ1n) is 7.47. The number of pyridine rings is 1. The SMILES string of the molecule is Cc1nc2ccccn2c1C(=O)Nc1cccc2ccccc12. The summed E-state index contributed by atoms with van der Waals surface area (Å²) in [6.07, 6.45) is 1.85. The lowest BCUT2D eigenvalue weighted by Crippen LogP contribution is -2.15. The molecular formula is C19H15N3O. The summed E-state index contributed by atoms with van der Waals surface area (Å²) in [5.74, 6) is -0.155. The molecule has 112 valence electrons. The Balaban J connectivity index is 1.78. The van der Waals surface area contributed by atoms with Crippen molar-refractivity contribution < 1.29 is 4.79 Å². The average Bonchev–Trinajstić information content (AvgIpc) is 2.91. The molecule has 0 atom stereocenters. The monoisotopic (exact) mass is 301 g/mol. The number of aromatic nitrogens is 2. The Morgan fingerprint density at radius 3 is 2.70 bits per heavy atom. The van der Waals surface area contributed by atoms with E-state index in [2.05, 4.69) is 10.3 Å². The summed E-state index contributed by atoms with van der Waals surface area (Å²) in [6, 6.07) is 19.6. The highest BCUT2D eigenvalue weighted by Gasteiger charge is 2.17. The number of hydrogen-bond acceptors (Lipinski definition) is 2. The third kappa shape index (κ3) is 2.25. The summed E-state index contributed by atoms with van der Waals surface area (Å²) in [5.41, 5.74) is 2.86. The van der Waals surface area contributed by atoms with Crippen molar-refractivity contribution in [3.63, 3.8) is 0 Å². The second-order valence-corrected chi connectivity index (χ2v) is 5.46. The van der Waals surface area contributed by atoms with E-state index >= 15 is 0 Å². The average molecular weight is 301 g/mol. The molecule has 0 saturated carbocycles. The van der Waals surface area contributed by atoms with Crippen LogP contribution in [-0.4, -0.2) is 15.3 Å². The molecule has 23 heavy (non-hydrogen) atoms. The molecule has 2 aromatic heterocycles. The van der Waals surface area contributed by atoms with Crippen LogP contribution in [0.2, 0.25) is 0 Å². The van der Waals surface area contributed by atoms with E-state index in [0.717, 1.165) is 22.1 Å². The molecule has 1 amide bonds. The number of nitrogens with one attached hydrogen (secondary N) is 1. The zero-order valence-electron chi connectivity index (χ0n) is 12.7. The molecule has 0 aliphatic heterocycles. The molecule has 0 fully saturated rings. The Bertz CT molecular complexity index is 1030. The predicted octanol–water partition coefficient (Wildman–Crippen LogP) is 4.05. The molecule has 2 aromatic carbocycles. The minimum atomic E-state index is -0.155. The van der Waals surface area contributed by atoms with Gasteiger partial charge in [0.15, 0.2) is 0 Å². The quantitative estimate of drug-likeness (QED) is 0.607. The van der Waals surface area contributed by atoms with E-state index in [-0.39, 0.29) is 5.91 Å². The third-order valence-corrected chi connectivity index (χ3v) is 3.96. The first-order valence-corrected chi connectivity index (χ1v) is 7.47. The van der Waals surface area contributed by atoms with Crippen LogP contribution in [0.5, 0.6) is 0 Å². The number of benzene rings is 2. The molecule has 0 spiro atoms. The van der Waals surface area contributed by atoms with Crippen molar-refractivity contribution in [1.82, 2.24) is 9.38 Å². The van der Waals surface area contributed by atoms with E-state index in [1.807, 2.05) is 78.2 Å². The molecule has 1 N–H and O–H groups in total. The van der Waals surface area contributed by atoms with E-state index in [0.29, 0.717) is 11.4 Å². The van der Waals surface area contributed by atoms with E-state index in [1.165, 1.54) is 0 Å². The number of rotatable bonds is 2. The van der Waals surface area contributed by atoms with Crippen LogP contribution in [-0.2, 0) is 0 Å². The van der Waals surface area contributed by atoms with Crippen molar-refractivity contribution >= 4 is 28.0 Å². The zero-order chi connectivity index (χ0) is 15.8. The number of imidazole rings is 1. The second kappa shape index (κ2) is 5.25. The summed E-state index contributed by atoms with van der Waals surface area (Å²) in [4.78, 5) is 17.2. The maximum Gasteiger partial charge on any atom is 0.274 e. The molecule has 0 bridgehead atoms. The summed E-state index contributed by atoms with van der Waals surface area (Å²) in [7, 11) is 0. The minimum absolute atomic E-state index is 0.155. The van der Waals surface area contributed by atoms with Gasteiger partial charge in [-0.05, 0) is 30.5 Å². The van der Waals surface area contributed by atoms with Crippen LogP contribution in [0.1, 0.15) is 16.2 Å². The number of aryl methyl sites for hydroxylation is 1. The summed E-state index contributed by atoms with van der Waals surface area (Å²) in [5, 5.41) is 5.14. The fraction of sp³-hybridized carbons (Fsp3) is 0.0526. The van der Waals surface area contributed by atoms with Gasteiger partial charge in [-0.3, -0.25) is 9.20 Å². The molecule has 2 heterocycles. The van der Waals surface area contributed by atoms with Gasteiger partial charge in [0.05, 0.1) is 5.69 Å². The minimum Gasteiger partial charge on any atom is -0.320 e. The fourth-order valence-corrected chi connectivity index (χ4v) is 2.90. The number of carbonyl (C=O) groups excluding carboxylic acids is 1. The molecule has 0 saturated heterocycles. The maximum absolute atomic E-state index is 12.8. The highest BCUT2D eigenvalue weighted by Crippen LogP contribution is 2.24.